The van der Waals surface area contributed by atoms with Crippen molar-refractivity contribution in [3.05, 3.63) is 22.9 Å². The first-order valence-electron chi connectivity index (χ1n) is 3.40. The van der Waals surface area contributed by atoms with Gasteiger partial charge in [-0.1, -0.05) is 0 Å². The van der Waals surface area contributed by atoms with Crippen LogP contribution in [0.15, 0.2) is 22.9 Å². The van der Waals surface area contributed by atoms with Crippen molar-refractivity contribution < 1.29 is 9.94 Å². The molecule has 2 rings (SSSR count). The van der Waals surface area contributed by atoms with E-state index in [1.54, 1.807) is 10.9 Å². The highest BCUT2D eigenvalue weighted by Gasteiger charge is 2.13. The number of rotatable bonds is 0. The first-order chi connectivity index (χ1) is 5.66. The van der Waals surface area contributed by atoms with E-state index in [1.807, 2.05) is 19.3 Å². The number of halogens is 1. The first kappa shape index (κ1) is 7.54. The molecule has 62 valence electrons. The molecule has 0 unspecified atom stereocenters. The van der Waals surface area contributed by atoms with E-state index in [0.717, 1.165) is 14.6 Å². The minimum Gasteiger partial charge on any atom is -0.349 e. The summed E-state index contributed by atoms with van der Waals surface area (Å²) in [6.45, 7) is 0. The minimum absolute atomic E-state index is 0.556. The fourth-order valence-corrected chi connectivity index (χ4v) is 1.58. The molecule has 12 heavy (non-hydrogen) atoms. The molecule has 2 heterocycles. The number of aryl methyl sites for hydroxylation is 1. The zero-order chi connectivity index (χ0) is 8.72. The summed E-state index contributed by atoms with van der Waals surface area (Å²) in [7, 11) is 1.81. The number of hydrogen-bond acceptors (Lipinski definition) is 2. The molecule has 0 fully saturated rings. The molecule has 0 aliphatic heterocycles. The van der Waals surface area contributed by atoms with E-state index in [0.29, 0.717) is 5.65 Å². The first-order valence-corrected chi connectivity index (χ1v) is 4.20. The Bertz CT molecular complexity index is 437. The Labute approximate surface area is 77.1 Å². The standard InChI is InChI=1S/C7H7BrN3O/c1-10-3-5-2-6(8)4-11(12)7(5)9-10/h2-4,12H,1H3/q+1. The van der Waals surface area contributed by atoms with Crippen molar-refractivity contribution in [2.45, 2.75) is 0 Å². The van der Waals surface area contributed by atoms with Crippen molar-refractivity contribution in [2.75, 3.05) is 0 Å². The van der Waals surface area contributed by atoms with Crippen LogP contribution in [0.25, 0.3) is 11.0 Å². The minimum atomic E-state index is 0.556. The summed E-state index contributed by atoms with van der Waals surface area (Å²) in [4.78, 5) is 0. The maximum atomic E-state index is 9.38. The smallest absolute Gasteiger partial charge is 0.349 e. The van der Waals surface area contributed by atoms with Gasteiger partial charge >= 0.3 is 5.65 Å². The predicted octanol–water partition coefficient (Wildman–Crippen LogP) is 0.861. The van der Waals surface area contributed by atoms with Crippen LogP contribution >= 0.6 is 15.9 Å². The van der Waals surface area contributed by atoms with E-state index in [1.165, 1.54) is 0 Å². The zero-order valence-corrected chi connectivity index (χ0v) is 7.98. The summed E-state index contributed by atoms with van der Waals surface area (Å²) in [6.07, 6.45) is 3.39. The average molecular weight is 229 g/mol. The van der Waals surface area contributed by atoms with E-state index in [-0.39, 0.29) is 0 Å². The Kier molecular flexibility index (Phi) is 1.54. The summed E-state index contributed by atoms with van der Waals surface area (Å²) in [5.74, 6) is 0. The molecule has 0 bridgehead atoms. The Morgan fingerprint density at radius 3 is 3.17 bits per heavy atom. The number of nitrogens with zero attached hydrogens (tertiary/aromatic N) is 3. The molecule has 5 heteroatoms. The number of hydrogen-bond donors (Lipinski definition) is 1. The maximum absolute atomic E-state index is 9.38. The molecule has 1 N–H and O–H groups in total. The summed E-state index contributed by atoms with van der Waals surface area (Å²) < 4.78 is 3.48. The molecule has 0 aliphatic rings. The van der Waals surface area contributed by atoms with Gasteiger partial charge in [0, 0.05) is 0 Å². The third-order valence-electron chi connectivity index (χ3n) is 1.59. The molecule has 0 spiro atoms. The van der Waals surface area contributed by atoms with E-state index in [2.05, 4.69) is 21.0 Å². The van der Waals surface area contributed by atoms with Crippen molar-refractivity contribution >= 4 is 27.0 Å². The van der Waals surface area contributed by atoms with Gasteiger partial charge < -0.3 is 5.21 Å². The van der Waals surface area contributed by atoms with Crippen LogP contribution in [0, 0.1) is 0 Å². The van der Waals surface area contributed by atoms with Crippen molar-refractivity contribution in [3.8, 4) is 0 Å². The Morgan fingerprint density at radius 1 is 1.67 bits per heavy atom. The SMILES string of the molecule is Cn1cc2cc(Br)c[n+](O)c2n1. The number of aromatic nitrogens is 3. The van der Waals surface area contributed by atoms with Gasteiger partial charge in [0.25, 0.3) is 0 Å². The van der Waals surface area contributed by atoms with Crippen molar-refractivity contribution in [3.63, 3.8) is 0 Å². The fraction of sp³-hybridized carbons (Fsp3) is 0.143. The second kappa shape index (κ2) is 2.45. The zero-order valence-electron chi connectivity index (χ0n) is 6.40. The van der Waals surface area contributed by atoms with E-state index in [4.69, 9.17) is 0 Å². The molecular formula is C7H7BrN3O+. The molecule has 2 aromatic rings. The van der Waals surface area contributed by atoms with Crippen LogP contribution in [0.2, 0.25) is 0 Å². The van der Waals surface area contributed by atoms with Crippen LogP contribution in [-0.4, -0.2) is 15.0 Å². The highest BCUT2D eigenvalue weighted by Crippen LogP contribution is 2.13. The quantitative estimate of drug-likeness (QED) is 0.537. The van der Waals surface area contributed by atoms with Gasteiger partial charge in [0.1, 0.15) is 0 Å². The van der Waals surface area contributed by atoms with E-state index in [9.17, 15) is 5.21 Å². The Morgan fingerprint density at radius 2 is 2.42 bits per heavy atom. The van der Waals surface area contributed by atoms with Gasteiger partial charge in [-0.3, -0.25) is 0 Å². The van der Waals surface area contributed by atoms with Gasteiger partial charge in [-0.25, -0.2) is 0 Å². The molecule has 2 aromatic heterocycles. The fourth-order valence-electron chi connectivity index (χ4n) is 1.14. The van der Waals surface area contributed by atoms with Crippen LogP contribution in [0.3, 0.4) is 0 Å². The largest absolute Gasteiger partial charge is 0.395 e. The van der Waals surface area contributed by atoms with Gasteiger partial charge in [-0.2, -0.15) is 4.68 Å². The average Bonchev–Trinajstić information content (AvgIpc) is 2.29. The molecular weight excluding hydrogens is 222 g/mol. The Hall–Kier alpha value is -1.10. The third kappa shape index (κ3) is 1.06. The van der Waals surface area contributed by atoms with Crippen LogP contribution in [0.4, 0.5) is 0 Å². The van der Waals surface area contributed by atoms with Crippen molar-refractivity contribution in [1.29, 1.82) is 0 Å². The topological polar surface area (TPSA) is 41.9 Å². The van der Waals surface area contributed by atoms with Crippen LogP contribution < -0.4 is 4.73 Å². The lowest BCUT2D eigenvalue weighted by molar-refractivity contribution is -0.886. The summed E-state index contributed by atoms with van der Waals surface area (Å²) >= 11 is 3.27. The van der Waals surface area contributed by atoms with Gasteiger partial charge in [-0.15, -0.1) is 0 Å². The predicted molar refractivity (Wildman–Crippen MR) is 45.8 cm³/mol. The maximum Gasteiger partial charge on any atom is 0.395 e. The normalized spacial score (nSPS) is 10.8. The summed E-state index contributed by atoms with van der Waals surface area (Å²) in [6, 6.07) is 1.90. The lowest BCUT2D eigenvalue weighted by Crippen LogP contribution is -2.30. The molecule has 0 aromatic carbocycles. The number of pyridine rings is 1. The molecule has 0 radical (unpaired) electrons. The van der Waals surface area contributed by atoms with Crippen LogP contribution in [0.5, 0.6) is 0 Å². The van der Waals surface area contributed by atoms with Crippen molar-refractivity contribution in [1.82, 2.24) is 9.78 Å². The van der Waals surface area contributed by atoms with Gasteiger partial charge in [0.15, 0.2) is 6.20 Å². The molecule has 0 saturated heterocycles. The lowest BCUT2D eigenvalue weighted by Gasteiger charge is -1.88. The molecule has 4 nitrogen and oxygen atoms in total. The highest BCUT2D eigenvalue weighted by molar-refractivity contribution is 9.10. The van der Waals surface area contributed by atoms with Crippen LogP contribution in [-0.2, 0) is 7.05 Å². The second-order valence-electron chi connectivity index (χ2n) is 2.58. The second-order valence-corrected chi connectivity index (χ2v) is 3.50. The monoisotopic (exact) mass is 228 g/mol. The van der Waals surface area contributed by atoms with Gasteiger partial charge in [-0.05, 0) is 26.7 Å². The van der Waals surface area contributed by atoms with Crippen LogP contribution in [0.1, 0.15) is 0 Å². The molecule has 0 aliphatic carbocycles. The van der Waals surface area contributed by atoms with E-state index < -0.39 is 0 Å². The molecule has 0 amide bonds. The molecule has 0 atom stereocenters. The summed E-state index contributed by atoms with van der Waals surface area (Å²) in [5, 5.41) is 14.3. The van der Waals surface area contributed by atoms with Gasteiger partial charge in [0.05, 0.1) is 28.2 Å². The lowest BCUT2D eigenvalue weighted by atomic mass is 10.4. The van der Waals surface area contributed by atoms with E-state index >= 15 is 0 Å². The molecule has 0 saturated carbocycles. The van der Waals surface area contributed by atoms with Crippen molar-refractivity contribution in [2.24, 2.45) is 7.05 Å². The van der Waals surface area contributed by atoms with Gasteiger partial charge in [0.2, 0.25) is 0 Å². The highest BCUT2D eigenvalue weighted by atomic mass is 79.9. The number of fused-ring (bicyclic) bond motifs is 1. The Balaban J connectivity index is 2.88. The third-order valence-corrected chi connectivity index (χ3v) is 2.03. The summed E-state index contributed by atoms with van der Waals surface area (Å²) in [5.41, 5.74) is 0.556.